The first-order valence-corrected chi connectivity index (χ1v) is 9.87. The molecule has 32 heavy (non-hydrogen) atoms. The van der Waals surface area contributed by atoms with E-state index in [0.29, 0.717) is 44.1 Å². The van der Waals surface area contributed by atoms with Crippen molar-refractivity contribution in [3.05, 3.63) is 70.8 Å². The maximum Gasteiger partial charge on any atom is 0.416 e. The van der Waals surface area contributed by atoms with E-state index in [0.717, 1.165) is 24.3 Å². The van der Waals surface area contributed by atoms with Crippen molar-refractivity contribution < 1.29 is 26.7 Å². The second-order valence-electron chi connectivity index (χ2n) is 7.49. The Balaban J connectivity index is 0.00000363. The van der Waals surface area contributed by atoms with Gasteiger partial charge in [-0.25, -0.2) is 8.78 Å². The Morgan fingerprint density at radius 3 is 2.44 bits per heavy atom. The van der Waals surface area contributed by atoms with Gasteiger partial charge in [-0.15, -0.1) is 24.0 Å². The number of halogens is 6. The standard InChI is InChI=1S/C22H24F5N3O.HI/c1-28-20(29-13-15-11-18(23)5-6-19(15)24)30-14-21(7-9-31-10-8-21)16-3-2-4-17(12-16)22(25,26)27;/h2-6,11-12H,7-10,13-14H2,1H3,(H2,28,29,30);1H. The average molecular weight is 569 g/mol. The second-order valence-corrected chi connectivity index (χ2v) is 7.49. The highest BCUT2D eigenvalue weighted by molar-refractivity contribution is 14.0. The third-order valence-corrected chi connectivity index (χ3v) is 5.52. The Labute approximate surface area is 200 Å². The molecule has 0 amide bonds. The smallest absolute Gasteiger partial charge is 0.381 e. The van der Waals surface area contributed by atoms with Crippen LogP contribution in [0.25, 0.3) is 0 Å². The van der Waals surface area contributed by atoms with Gasteiger partial charge in [0, 0.05) is 44.3 Å². The molecule has 10 heteroatoms. The predicted molar refractivity (Wildman–Crippen MR) is 123 cm³/mol. The number of nitrogens with zero attached hydrogens (tertiary/aromatic N) is 1. The van der Waals surface area contributed by atoms with Gasteiger partial charge in [-0.05, 0) is 42.7 Å². The Morgan fingerprint density at radius 2 is 1.78 bits per heavy atom. The van der Waals surface area contributed by atoms with E-state index in [1.807, 2.05) is 0 Å². The van der Waals surface area contributed by atoms with Crippen molar-refractivity contribution in [2.24, 2.45) is 4.99 Å². The number of hydrogen-bond acceptors (Lipinski definition) is 2. The first-order valence-electron chi connectivity index (χ1n) is 9.87. The minimum atomic E-state index is -4.43. The van der Waals surface area contributed by atoms with Crippen LogP contribution in [0.1, 0.15) is 29.5 Å². The number of rotatable bonds is 5. The van der Waals surface area contributed by atoms with E-state index in [2.05, 4.69) is 15.6 Å². The summed E-state index contributed by atoms with van der Waals surface area (Å²) in [5.74, 6) is -0.762. The SMILES string of the molecule is CN=C(NCc1cc(F)ccc1F)NCC1(c2cccc(C(F)(F)F)c2)CCOCC1.I. The molecule has 0 aromatic heterocycles. The number of ether oxygens (including phenoxy) is 1. The molecule has 2 aromatic rings. The molecule has 0 unspecified atom stereocenters. The summed E-state index contributed by atoms with van der Waals surface area (Å²) in [6, 6.07) is 8.53. The molecule has 2 aromatic carbocycles. The van der Waals surface area contributed by atoms with Crippen molar-refractivity contribution in [3.8, 4) is 0 Å². The van der Waals surface area contributed by atoms with Crippen LogP contribution in [-0.2, 0) is 22.9 Å². The molecule has 3 rings (SSSR count). The van der Waals surface area contributed by atoms with Crippen LogP contribution in [0.5, 0.6) is 0 Å². The lowest BCUT2D eigenvalue weighted by molar-refractivity contribution is -0.137. The van der Waals surface area contributed by atoms with E-state index in [1.165, 1.54) is 19.2 Å². The number of nitrogens with one attached hydrogen (secondary N) is 2. The highest BCUT2D eigenvalue weighted by Gasteiger charge is 2.37. The summed E-state index contributed by atoms with van der Waals surface area (Å²) < 4.78 is 72.3. The second kappa shape index (κ2) is 11.3. The molecule has 2 N–H and O–H groups in total. The molecule has 4 nitrogen and oxygen atoms in total. The number of guanidine groups is 1. The lowest BCUT2D eigenvalue weighted by Crippen LogP contribution is -2.48. The minimum Gasteiger partial charge on any atom is -0.381 e. The van der Waals surface area contributed by atoms with Gasteiger partial charge in [-0.1, -0.05) is 18.2 Å². The minimum absolute atomic E-state index is 0. The van der Waals surface area contributed by atoms with Gasteiger partial charge in [-0.3, -0.25) is 4.99 Å². The molecular formula is C22H25F5IN3O. The summed E-state index contributed by atoms with van der Waals surface area (Å²) >= 11 is 0. The van der Waals surface area contributed by atoms with E-state index in [-0.39, 0.29) is 36.1 Å². The van der Waals surface area contributed by atoms with E-state index >= 15 is 0 Å². The summed E-state index contributed by atoms with van der Waals surface area (Å²) in [5.41, 5.74) is -0.562. The first-order chi connectivity index (χ1) is 14.7. The van der Waals surface area contributed by atoms with Gasteiger partial charge in [0.1, 0.15) is 11.6 Å². The topological polar surface area (TPSA) is 45.7 Å². The molecule has 0 bridgehead atoms. The molecule has 176 valence electrons. The number of aliphatic imine (C=N–C) groups is 1. The van der Waals surface area contributed by atoms with Gasteiger partial charge < -0.3 is 15.4 Å². The van der Waals surface area contributed by atoms with Crippen molar-refractivity contribution in [1.29, 1.82) is 0 Å². The summed E-state index contributed by atoms with van der Waals surface area (Å²) in [6.45, 7) is 1.17. The van der Waals surface area contributed by atoms with Crippen LogP contribution in [0, 0.1) is 11.6 Å². The normalized spacial score (nSPS) is 16.2. The van der Waals surface area contributed by atoms with E-state index in [9.17, 15) is 22.0 Å². The molecule has 0 saturated carbocycles. The monoisotopic (exact) mass is 569 g/mol. The van der Waals surface area contributed by atoms with E-state index in [4.69, 9.17) is 4.74 Å². The molecule has 1 fully saturated rings. The fourth-order valence-electron chi connectivity index (χ4n) is 3.69. The van der Waals surface area contributed by atoms with Crippen molar-refractivity contribution in [2.45, 2.75) is 31.0 Å². The van der Waals surface area contributed by atoms with E-state index < -0.39 is 28.8 Å². The quantitative estimate of drug-likeness (QED) is 0.230. The summed E-state index contributed by atoms with van der Waals surface area (Å²) in [4.78, 5) is 4.09. The average Bonchev–Trinajstić information content (AvgIpc) is 2.76. The van der Waals surface area contributed by atoms with Gasteiger partial charge in [0.05, 0.1) is 5.56 Å². The summed E-state index contributed by atoms with van der Waals surface area (Å²) in [5, 5.41) is 6.05. The lowest BCUT2D eigenvalue weighted by atomic mass is 9.73. The number of hydrogen-bond donors (Lipinski definition) is 2. The summed E-state index contributed by atoms with van der Waals surface area (Å²) in [6.07, 6.45) is -3.35. The van der Waals surface area contributed by atoms with Crippen LogP contribution in [0.4, 0.5) is 22.0 Å². The van der Waals surface area contributed by atoms with Crippen molar-refractivity contribution in [1.82, 2.24) is 10.6 Å². The van der Waals surface area contributed by atoms with Gasteiger partial charge in [-0.2, -0.15) is 13.2 Å². The Bertz CT molecular complexity index is 930. The Kier molecular flexibility index (Phi) is 9.26. The highest BCUT2D eigenvalue weighted by atomic mass is 127. The zero-order valence-electron chi connectivity index (χ0n) is 17.4. The van der Waals surface area contributed by atoms with Gasteiger partial charge in [0.2, 0.25) is 0 Å². The van der Waals surface area contributed by atoms with Crippen molar-refractivity contribution in [3.63, 3.8) is 0 Å². The first kappa shape index (κ1) is 26.3. The van der Waals surface area contributed by atoms with Crippen LogP contribution < -0.4 is 10.6 Å². The van der Waals surface area contributed by atoms with Crippen molar-refractivity contribution in [2.75, 3.05) is 26.8 Å². The molecule has 0 atom stereocenters. The summed E-state index contributed by atoms with van der Waals surface area (Å²) in [7, 11) is 1.53. The zero-order chi connectivity index (χ0) is 22.5. The van der Waals surface area contributed by atoms with Crippen LogP contribution in [-0.4, -0.2) is 32.8 Å². The van der Waals surface area contributed by atoms with Gasteiger partial charge >= 0.3 is 6.18 Å². The molecule has 0 spiro atoms. The van der Waals surface area contributed by atoms with Crippen LogP contribution in [0.3, 0.4) is 0 Å². The number of benzene rings is 2. The van der Waals surface area contributed by atoms with Crippen molar-refractivity contribution >= 4 is 29.9 Å². The molecule has 0 aliphatic carbocycles. The van der Waals surface area contributed by atoms with Gasteiger partial charge in [0.15, 0.2) is 5.96 Å². The van der Waals surface area contributed by atoms with Crippen LogP contribution in [0.15, 0.2) is 47.5 Å². The lowest BCUT2D eigenvalue weighted by Gasteiger charge is -2.38. The molecule has 1 aliphatic heterocycles. The maximum absolute atomic E-state index is 13.8. The fraction of sp³-hybridized carbons (Fsp3) is 0.409. The third-order valence-electron chi connectivity index (χ3n) is 5.52. The number of alkyl halides is 3. The van der Waals surface area contributed by atoms with Gasteiger partial charge in [0.25, 0.3) is 0 Å². The largest absolute Gasteiger partial charge is 0.416 e. The Morgan fingerprint density at radius 1 is 1.06 bits per heavy atom. The highest BCUT2D eigenvalue weighted by Crippen LogP contribution is 2.37. The molecule has 0 radical (unpaired) electrons. The Hall–Kier alpha value is -1.95. The fourth-order valence-corrected chi connectivity index (χ4v) is 3.69. The van der Waals surface area contributed by atoms with Crippen LogP contribution >= 0.6 is 24.0 Å². The predicted octanol–water partition coefficient (Wildman–Crippen LogP) is 5.02. The third kappa shape index (κ3) is 6.53. The molecule has 1 aliphatic rings. The maximum atomic E-state index is 13.8. The zero-order valence-corrected chi connectivity index (χ0v) is 19.8. The molecular weight excluding hydrogens is 544 g/mol. The van der Waals surface area contributed by atoms with E-state index in [1.54, 1.807) is 6.07 Å². The molecule has 1 saturated heterocycles. The van der Waals surface area contributed by atoms with Crippen LogP contribution in [0.2, 0.25) is 0 Å². The molecule has 1 heterocycles.